The van der Waals surface area contributed by atoms with Crippen LogP contribution in [0.15, 0.2) is 41.8 Å². The van der Waals surface area contributed by atoms with Crippen LogP contribution in [0.5, 0.6) is 0 Å². The van der Waals surface area contributed by atoms with E-state index in [0.717, 1.165) is 11.3 Å². The monoisotopic (exact) mass is 396 g/mol. The number of nitrogens with one attached hydrogen (secondary N) is 2. The maximum atomic E-state index is 12.5. The van der Waals surface area contributed by atoms with Gasteiger partial charge in [0.25, 0.3) is 0 Å². The lowest BCUT2D eigenvalue weighted by Crippen LogP contribution is -2.27. The van der Waals surface area contributed by atoms with Crippen LogP contribution in [0.2, 0.25) is 0 Å². The van der Waals surface area contributed by atoms with Crippen LogP contribution >= 0.6 is 11.3 Å². The Morgan fingerprint density at radius 1 is 1.32 bits per heavy atom. The zero-order valence-corrected chi connectivity index (χ0v) is 16.2. The van der Waals surface area contributed by atoms with Crippen LogP contribution in [0.25, 0.3) is 0 Å². The summed E-state index contributed by atoms with van der Waals surface area (Å²) in [6.45, 7) is 3.68. The molecule has 0 radical (unpaired) electrons. The Morgan fingerprint density at radius 3 is 2.89 bits per heavy atom. The summed E-state index contributed by atoms with van der Waals surface area (Å²) in [5, 5.41) is 12.6. The molecule has 3 heterocycles. The Morgan fingerprint density at radius 2 is 2.14 bits per heavy atom. The fourth-order valence-corrected chi connectivity index (χ4v) is 3.88. The van der Waals surface area contributed by atoms with Gasteiger partial charge in [0.1, 0.15) is 5.82 Å². The summed E-state index contributed by atoms with van der Waals surface area (Å²) >= 11 is 1.36. The third-order valence-corrected chi connectivity index (χ3v) is 5.23. The molecule has 3 amide bonds. The molecular formula is C19H20N6O2S. The van der Waals surface area contributed by atoms with Crippen molar-refractivity contribution >= 4 is 34.2 Å². The van der Waals surface area contributed by atoms with Gasteiger partial charge < -0.3 is 10.6 Å². The second kappa shape index (κ2) is 7.81. The highest BCUT2D eigenvalue weighted by Crippen LogP contribution is 2.22. The molecule has 0 saturated carbocycles. The largest absolute Gasteiger partial charge is 0.336 e. The van der Waals surface area contributed by atoms with E-state index in [1.165, 1.54) is 11.3 Å². The van der Waals surface area contributed by atoms with E-state index < -0.39 is 0 Å². The van der Waals surface area contributed by atoms with Crippen molar-refractivity contribution in [2.75, 3.05) is 23.3 Å². The highest BCUT2D eigenvalue weighted by molar-refractivity contribution is 7.14. The molecular weight excluding hydrogens is 376 g/mol. The molecule has 0 bridgehead atoms. The lowest BCUT2D eigenvalue weighted by atomic mass is 10.2. The van der Waals surface area contributed by atoms with Crippen molar-refractivity contribution in [3.8, 4) is 0 Å². The third-order valence-electron chi connectivity index (χ3n) is 4.31. The third kappa shape index (κ3) is 4.04. The maximum absolute atomic E-state index is 12.5. The minimum atomic E-state index is -0.170. The van der Waals surface area contributed by atoms with Crippen molar-refractivity contribution in [3.05, 3.63) is 58.7 Å². The van der Waals surface area contributed by atoms with Crippen molar-refractivity contribution in [1.82, 2.24) is 20.1 Å². The molecule has 1 aromatic carbocycles. The summed E-state index contributed by atoms with van der Waals surface area (Å²) in [4.78, 5) is 30.2. The maximum Gasteiger partial charge on any atom is 0.323 e. The van der Waals surface area contributed by atoms with Crippen molar-refractivity contribution in [2.24, 2.45) is 0 Å². The van der Waals surface area contributed by atoms with E-state index in [-0.39, 0.29) is 18.4 Å². The molecule has 4 rings (SSSR count). The van der Waals surface area contributed by atoms with E-state index >= 15 is 0 Å². The van der Waals surface area contributed by atoms with E-state index in [1.807, 2.05) is 48.7 Å². The molecule has 2 aromatic heterocycles. The minimum absolute atomic E-state index is 0.140. The first-order chi connectivity index (χ1) is 13.6. The first kappa shape index (κ1) is 18.2. The molecule has 0 spiro atoms. The van der Waals surface area contributed by atoms with Gasteiger partial charge in [-0.05, 0) is 12.5 Å². The zero-order chi connectivity index (χ0) is 19.5. The molecule has 8 nitrogen and oxygen atoms in total. The number of urea groups is 1. The van der Waals surface area contributed by atoms with Gasteiger partial charge in [0.2, 0.25) is 5.91 Å². The van der Waals surface area contributed by atoms with Gasteiger partial charge in [0.05, 0.1) is 24.4 Å². The fraction of sp³-hybridized carbons (Fsp3) is 0.263. The number of benzene rings is 1. The molecule has 1 fully saturated rings. The van der Waals surface area contributed by atoms with E-state index in [1.54, 1.807) is 9.58 Å². The summed E-state index contributed by atoms with van der Waals surface area (Å²) in [6.07, 6.45) is 0.140. The standard InChI is InChI=1S/C19H20N6O2S/c1-13-9-16(25(23-13)11-14-5-3-2-4-6-14)22-17(26)10-15-12-28-19(21-15)24-8-7-20-18(24)27/h2-6,9,12H,7-8,10-11H2,1H3,(H,20,27)(H,22,26). The van der Waals surface area contributed by atoms with Crippen LogP contribution in [-0.4, -0.2) is 39.8 Å². The average molecular weight is 396 g/mol. The van der Waals surface area contributed by atoms with Crippen LogP contribution in [0.4, 0.5) is 15.7 Å². The van der Waals surface area contributed by atoms with Gasteiger partial charge in [0.15, 0.2) is 5.13 Å². The van der Waals surface area contributed by atoms with Gasteiger partial charge >= 0.3 is 6.03 Å². The molecule has 144 valence electrons. The lowest BCUT2D eigenvalue weighted by Gasteiger charge is -2.09. The Kier molecular flexibility index (Phi) is 5.07. The van der Waals surface area contributed by atoms with Gasteiger partial charge in [-0.25, -0.2) is 14.5 Å². The molecule has 28 heavy (non-hydrogen) atoms. The molecule has 0 aliphatic carbocycles. The molecule has 1 saturated heterocycles. The summed E-state index contributed by atoms with van der Waals surface area (Å²) in [5.74, 6) is 0.484. The van der Waals surface area contributed by atoms with Gasteiger partial charge in [-0.3, -0.25) is 9.69 Å². The summed E-state index contributed by atoms with van der Waals surface area (Å²) in [7, 11) is 0. The van der Waals surface area contributed by atoms with E-state index in [9.17, 15) is 9.59 Å². The van der Waals surface area contributed by atoms with Gasteiger partial charge in [-0.2, -0.15) is 5.10 Å². The highest BCUT2D eigenvalue weighted by Gasteiger charge is 2.24. The van der Waals surface area contributed by atoms with Crippen LogP contribution in [0, 0.1) is 6.92 Å². The van der Waals surface area contributed by atoms with E-state index in [0.29, 0.717) is 36.3 Å². The van der Waals surface area contributed by atoms with Gasteiger partial charge in [0, 0.05) is 24.5 Å². The predicted octanol–water partition coefficient (Wildman–Crippen LogP) is 2.41. The molecule has 1 aliphatic heterocycles. The topological polar surface area (TPSA) is 92.2 Å². The number of aromatic nitrogens is 3. The molecule has 1 aliphatic rings. The Labute approximate surface area is 166 Å². The lowest BCUT2D eigenvalue weighted by molar-refractivity contribution is -0.115. The Balaban J connectivity index is 1.42. The summed E-state index contributed by atoms with van der Waals surface area (Å²) in [6, 6.07) is 11.7. The minimum Gasteiger partial charge on any atom is -0.336 e. The smallest absolute Gasteiger partial charge is 0.323 e. The van der Waals surface area contributed by atoms with Crippen molar-refractivity contribution in [1.29, 1.82) is 0 Å². The number of rotatable bonds is 6. The van der Waals surface area contributed by atoms with Crippen molar-refractivity contribution in [3.63, 3.8) is 0 Å². The van der Waals surface area contributed by atoms with Crippen LogP contribution in [-0.2, 0) is 17.8 Å². The van der Waals surface area contributed by atoms with Gasteiger partial charge in [-0.15, -0.1) is 11.3 Å². The number of hydrogen-bond donors (Lipinski definition) is 2. The SMILES string of the molecule is Cc1cc(NC(=O)Cc2csc(N3CCNC3=O)n2)n(Cc2ccccc2)n1. The number of carbonyl (C=O) groups is 2. The Hall–Kier alpha value is -3.20. The van der Waals surface area contributed by atoms with E-state index in [2.05, 4.69) is 20.7 Å². The molecule has 3 aromatic rings. The number of carbonyl (C=O) groups excluding carboxylic acids is 2. The molecule has 2 N–H and O–H groups in total. The fourth-order valence-electron chi connectivity index (χ4n) is 3.03. The number of nitrogens with zero attached hydrogens (tertiary/aromatic N) is 4. The first-order valence-electron chi connectivity index (χ1n) is 8.96. The number of anilines is 2. The van der Waals surface area contributed by atoms with Gasteiger partial charge in [-0.1, -0.05) is 30.3 Å². The van der Waals surface area contributed by atoms with Crippen LogP contribution in [0.1, 0.15) is 17.0 Å². The summed E-state index contributed by atoms with van der Waals surface area (Å²) < 4.78 is 1.78. The predicted molar refractivity (Wildman–Crippen MR) is 108 cm³/mol. The van der Waals surface area contributed by atoms with E-state index in [4.69, 9.17) is 0 Å². The highest BCUT2D eigenvalue weighted by atomic mass is 32.1. The first-order valence-corrected chi connectivity index (χ1v) is 9.84. The number of hydrogen-bond acceptors (Lipinski definition) is 5. The number of thiazole rings is 1. The van der Waals surface area contributed by atoms with Crippen LogP contribution < -0.4 is 15.5 Å². The van der Waals surface area contributed by atoms with Crippen molar-refractivity contribution < 1.29 is 9.59 Å². The second-order valence-electron chi connectivity index (χ2n) is 6.54. The molecule has 0 atom stereocenters. The zero-order valence-electron chi connectivity index (χ0n) is 15.4. The quantitative estimate of drug-likeness (QED) is 0.669. The van der Waals surface area contributed by atoms with Crippen LogP contribution in [0.3, 0.4) is 0 Å². The summed E-state index contributed by atoms with van der Waals surface area (Å²) in [5.41, 5.74) is 2.58. The average Bonchev–Trinajstić information content (AvgIpc) is 3.37. The number of aryl methyl sites for hydroxylation is 1. The molecule has 9 heteroatoms. The number of amides is 3. The van der Waals surface area contributed by atoms with Crippen molar-refractivity contribution in [2.45, 2.75) is 19.9 Å². The molecule has 0 unspecified atom stereocenters. The Bertz CT molecular complexity index is 997. The second-order valence-corrected chi connectivity index (χ2v) is 7.38. The normalized spacial score (nSPS) is 13.6.